The average molecular weight is 275 g/mol. The maximum atomic E-state index is 12.8. The Hall–Kier alpha value is -1.14. The van der Waals surface area contributed by atoms with Crippen LogP contribution in [0.3, 0.4) is 0 Å². The van der Waals surface area contributed by atoms with Crippen LogP contribution in [0.2, 0.25) is 0 Å². The predicted octanol–water partition coefficient (Wildman–Crippen LogP) is 3.74. The molecule has 3 heteroatoms. The van der Waals surface area contributed by atoms with Crippen LogP contribution in [0.15, 0.2) is 23.1 Å². The van der Waals surface area contributed by atoms with Crippen LogP contribution in [0.5, 0.6) is 0 Å². The Morgan fingerprint density at radius 3 is 2.68 bits per heavy atom. The molecule has 0 aromatic heterocycles. The molecule has 1 aliphatic rings. The van der Waals surface area contributed by atoms with Crippen molar-refractivity contribution in [2.75, 3.05) is 0 Å². The summed E-state index contributed by atoms with van der Waals surface area (Å²) >= 11 is 0. The van der Waals surface area contributed by atoms with Crippen LogP contribution in [0.25, 0.3) is 0 Å². The molecule has 1 aromatic carbocycles. The van der Waals surface area contributed by atoms with Crippen LogP contribution >= 0.6 is 0 Å². The van der Waals surface area contributed by atoms with Crippen molar-refractivity contribution in [2.24, 2.45) is 11.8 Å². The first kappa shape index (κ1) is 14.3. The second kappa shape index (κ2) is 5.88. The number of hydrogen-bond acceptors (Lipinski definition) is 2. The molecule has 1 saturated carbocycles. The van der Waals surface area contributed by atoms with Gasteiger partial charge in [-0.25, -0.2) is 0 Å². The van der Waals surface area contributed by atoms with Crippen molar-refractivity contribution in [2.45, 2.75) is 50.2 Å². The number of rotatable bonds is 2. The second-order valence-electron chi connectivity index (χ2n) is 5.76. The topological polar surface area (TPSA) is 40.9 Å². The van der Waals surface area contributed by atoms with E-state index in [1.165, 1.54) is 5.56 Å². The number of benzene rings is 1. The molecule has 2 rings (SSSR count). The summed E-state index contributed by atoms with van der Waals surface area (Å²) in [5.41, 5.74) is 2.26. The molecule has 0 aliphatic heterocycles. The third-order valence-corrected chi connectivity index (χ3v) is 6.00. The highest BCUT2D eigenvalue weighted by molar-refractivity contribution is 7.85. The summed E-state index contributed by atoms with van der Waals surface area (Å²) in [6.45, 7) is 6.24. The van der Waals surface area contributed by atoms with E-state index in [1.54, 1.807) is 0 Å². The largest absolute Gasteiger partial charge is 0.254 e. The van der Waals surface area contributed by atoms with Gasteiger partial charge in [0.25, 0.3) is 0 Å². The number of nitrogens with zero attached hydrogens (tertiary/aromatic N) is 1. The van der Waals surface area contributed by atoms with E-state index >= 15 is 0 Å². The van der Waals surface area contributed by atoms with Crippen LogP contribution in [0, 0.1) is 37.0 Å². The molecule has 0 radical (unpaired) electrons. The smallest absolute Gasteiger partial charge is 0.0668 e. The summed E-state index contributed by atoms with van der Waals surface area (Å²) < 4.78 is 12.8. The van der Waals surface area contributed by atoms with Gasteiger partial charge in [-0.15, -0.1) is 0 Å². The molecule has 4 atom stereocenters. The lowest BCUT2D eigenvalue weighted by atomic mass is 9.83. The Morgan fingerprint density at radius 2 is 2.05 bits per heavy atom. The maximum absolute atomic E-state index is 12.8. The number of aryl methyl sites for hydroxylation is 2. The molecule has 0 amide bonds. The van der Waals surface area contributed by atoms with Gasteiger partial charge in [0.1, 0.15) is 0 Å². The third kappa shape index (κ3) is 3.06. The minimum atomic E-state index is -1.06. The lowest BCUT2D eigenvalue weighted by molar-refractivity contribution is 0.341. The summed E-state index contributed by atoms with van der Waals surface area (Å²) in [7, 11) is -1.06. The molecule has 0 saturated heterocycles. The summed E-state index contributed by atoms with van der Waals surface area (Å²) in [5, 5.41) is 9.27. The van der Waals surface area contributed by atoms with Gasteiger partial charge in [0.2, 0.25) is 0 Å². The van der Waals surface area contributed by atoms with Crippen molar-refractivity contribution in [3.63, 3.8) is 0 Å². The molecule has 1 aromatic rings. The average Bonchev–Trinajstić information content (AvgIpc) is 2.38. The fourth-order valence-electron chi connectivity index (χ4n) is 2.90. The van der Waals surface area contributed by atoms with Gasteiger partial charge in [-0.05, 0) is 50.7 Å². The molecule has 0 N–H and O–H groups in total. The van der Waals surface area contributed by atoms with Gasteiger partial charge in [0.05, 0.1) is 28.0 Å². The van der Waals surface area contributed by atoms with Crippen molar-refractivity contribution in [1.29, 1.82) is 5.26 Å². The summed E-state index contributed by atoms with van der Waals surface area (Å²) in [4.78, 5) is 0.907. The maximum Gasteiger partial charge on any atom is 0.0668 e. The fraction of sp³-hybridized carbons (Fsp3) is 0.562. The molecule has 0 bridgehead atoms. The Kier molecular flexibility index (Phi) is 4.42. The molecule has 2 nitrogen and oxygen atoms in total. The van der Waals surface area contributed by atoms with Crippen molar-refractivity contribution in [3.05, 3.63) is 29.3 Å². The van der Waals surface area contributed by atoms with Crippen LogP contribution in [-0.4, -0.2) is 9.46 Å². The van der Waals surface area contributed by atoms with Gasteiger partial charge >= 0.3 is 0 Å². The third-order valence-electron chi connectivity index (χ3n) is 4.04. The Labute approximate surface area is 118 Å². The Bertz CT molecular complexity index is 532. The summed E-state index contributed by atoms with van der Waals surface area (Å²) in [6.07, 6.45) is 2.87. The van der Waals surface area contributed by atoms with E-state index in [4.69, 9.17) is 0 Å². The molecular weight excluding hydrogens is 254 g/mol. The second-order valence-corrected chi connectivity index (χ2v) is 7.40. The molecule has 0 heterocycles. The summed E-state index contributed by atoms with van der Waals surface area (Å²) in [5.74, 6) is 0.516. The highest BCUT2D eigenvalue weighted by Gasteiger charge is 2.34. The standard InChI is InChI=1S/C16H21NOS/c1-11-5-7-15(13(3)8-11)19(18)16-9-12(2)4-6-14(16)10-17/h5,7-8,12,14,16H,4,6,9H2,1-3H3. The van der Waals surface area contributed by atoms with Crippen LogP contribution < -0.4 is 0 Å². The van der Waals surface area contributed by atoms with Gasteiger partial charge in [0.15, 0.2) is 0 Å². The molecule has 1 aliphatic carbocycles. The number of hydrogen-bond donors (Lipinski definition) is 0. The van der Waals surface area contributed by atoms with Crippen molar-refractivity contribution >= 4 is 10.8 Å². The van der Waals surface area contributed by atoms with E-state index < -0.39 is 10.8 Å². The zero-order valence-corrected chi connectivity index (χ0v) is 12.7. The zero-order chi connectivity index (χ0) is 14.0. The summed E-state index contributed by atoms with van der Waals surface area (Å²) in [6, 6.07) is 8.41. The van der Waals surface area contributed by atoms with Crippen LogP contribution in [0.4, 0.5) is 0 Å². The highest BCUT2D eigenvalue weighted by atomic mass is 32.2. The van der Waals surface area contributed by atoms with Crippen molar-refractivity contribution < 1.29 is 4.21 Å². The quantitative estimate of drug-likeness (QED) is 0.825. The van der Waals surface area contributed by atoms with Gasteiger partial charge in [-0.2, -0.15) is 5.26 Å². The Balaban J connectivity index is 2.29. The van der Waals surface area contributed by atoms with Gasteiger partial charge in [0, 0.05) is 4.90 Å². The SMILES string of the molecule is Cc1ccc(S(=O)C2CC(C)CCC2C#N)c(C)c1. The van der Waals surface area contributed by atoms with E-state index in [0.717, 1.165) is 29.7 Å². The minimum absolute atomic E-state index is 0.00449. The van der Waals surface area contributed by atoms with Crippen LogP contribution in [-0.2, 0) is 10.8 Å². The molecule has 19 heavy (non-hydrogen) atoms. The van der Waals surface area contributed by atoms with Crippen molar-refractivity contribution in [1.82, 2.24) is 0 Å². The number of nitriles is 1. The molecule has 0 spiro atoms. The van der Waals surface area contributed by atoms with Gasteiger partial charge in [-0.3, -0.25) is 4.21 Å². The lowest BCUT2D eigenvalue weighted by Gasteiger charge is -2.30. The molecule has 1 fully saturated rings. The fourth-order valence-corrected chi connectivity index (χ4v) is 4.80. The zero-order valence-electron chi connectivity index (χ0n) is 11.8. The first-order chi connectivity index (χ1) is 9.02. The van der Waals surface area contributed by atoms with Crippen LogP contribution in [0.1, 0.15) is 37.3 Å². The molecular formula is C16H21NOS. The monoisotopic (exact) mass is 275 g/mol. The molecule has 4 unspecified atom stereocenters. The predicted molar refractivity (Wildman–Crippen MR) is 78.2 cm³/mol. The van der Waals surface area contributed by atoms with E-state index in [9.17, 15) is 9.47 Å². The Morgan fingerprint density at radius 1 is 1.32 bits per heavy atom. The minimum Gasteiger partial charge on any atom is -0.254 e. The normalized spacial score (nSPS) is 28.6. The van der Waals surface area contributed by atoms with E-state index in [2.05, 4.69) is 19.1 Å². The van der Waals surface area contributed by atoms with Gasteiger partial charge in [-0.1, -0.05) is 24.6 Å². The van der Waals surface area contributed by atoms with E-state index in [-0.39, 0.29) is 11.2 Å². The molecule has 102 valence electrons. The van der Waals surface area contributed by atoms with E-state index in [1.807, 2.05) is 26.0 Å². The first-order valence-corrected chi connectivity index (χ1v) is 8.11. The van der Waals surface area contributed by atoms with Crippen molar-refractivity contribution in [3.8, 4) is 6.07 Å². The highest BCUT2D eigenvalue weighted by Crippen LogP contribution is 2.34. The van der Waals surface area contributed by atoms with E-state index in [0.29, 0.717) is 5.92 Å². The van der Waals surface area contributed by atoms with Gasteiger partial charge < -0.3 is 0 Å². The lowest BCUT2D eigenvalue weighted by Crippen LogP contribution is -2.31. The first-order valence-electron chi connectivity index (χ1n) is 6.90.